The summed E-state index contributed by atoms with van der Waals surface area (Å²) >= 11 is 0. The smallest absolute Gasteiger partial charge is 0.338 e. The van der Waals surface area contributed by atoms with Crippen LogP contribution in [-0.4, -0.2) is 31.1 Å². The Hall–Kier alpha value is -2.65. The third kappa shape index (κ3) is 4.86. The van der Waals surface area contributed by atoms with Gasteiger partial charge in [-0.25, -0.2) is 4.79 Å². The Morgan fingerprint density at radius 1 is 0.897 bits per heavy atom. The lowest BCUT2D eigenvalue weighted by Crippen LogP contribution is -2.24. The number of nitrogens with zero attached hydrogens (tertiary/aromatic N) is 1. The van der Waals surface area contributed by atoms with Gasteiger partial charge in [-0.3, -0.25) is 0 Å². The van der Waals surface area contributed by atoms with Crippen LogP contribution < -0.4 is 0 Å². The molecule has 29 heavy (non-hydrogen) atoms. The van der Waals surface area contributed by atoms with E-state index in [2.05, 4.69) is 49.3 Å². The summed E-state index contributed by atoms with van der Waals surface area (Å²) < 4.78 is 5.83. The molecular weight excluding hydrogens is 358 g/mol. The van der Waals surface area contributed by atoms with Crippen LogP contribution in [0.2, 0.25) is 0 Å². The quantitative estimate of drug-likeness (QED) is 0.519. The maximum Gasteiger partial charge on any atom is 0.338 e. The summed E-state index contributed by atoms with van der Waals surface area (Å²) in [5.74, 6) is 0.367. The Morgan fingerprint density at radius 3 is 2.28 bits per heavy atom. The summed E-state index contributed by atoms with van der Waals surface area (Å²) in [4.78, 5) is 14.8. The van der Waals surface area contributed by atoms with Gasteiger partial charge < -0.3 is 9.64 Å². The molecule has 0 radical (unpaired) electrons. The molecule has 3 aromatic carbocycles. The van der Waals surface area contributed by atoms with Gasteiger partial charge >= 0.3 is 5.97 Å². The molecule has 1 fully saturated rings. The second kappa shape index (κ2) is 8.79. The lowest BCUT2D eigenvalue weighted by Gasteiger charge is -2.28. The first-order valence-electron chi connectivity index (χ1n) is 10.5. The van der Waals surface area contributed by atoms with Crippen LogP contribution in [0.25, 0.3) is 10.8 Å². The number of hydrogen-bond acceptors (Lipinski definition) is 3. The Morgan fingerprint density at radius 2 is 1.59 bits per heavy atom. The minimum atomic E-state index is -0.202. The molecule has 0 aromatic heterocycles. The molecule has 3 aromatic rings. The first kappa shape index (κ1) is 19.7. The van der Waals surface area contributed by atoms with Crippen molar-refractivity contribution in [3.05, 3.63) is 83.4 Å². The van der Waals surface area contributed by atoms with E-state index in [9.17, 15) is 4.79 Å². The summed E-state index contributed by atoms with van der Waals surface area (Å²) in [5, 5.41) is 2.21. The van der Waals surface area contributed by atoms with Crippen molar-refractivity contribution in [1.29, 1.82) is 0 Å². The van der Waals surface area contributed by atoms with Crippen molar-refractivity contribution >= 4 is 16.7 Å². The lowest BCUT2D eigenvalue weighted by atomic mass is 9.82. The SMILES string of the molecule is CN(C)Cc1ccc(C2CCC(OC(=O)c3ccc4ccccc4c3)CC2)cc1. The number of fused-ring (bicyclic) bond motifs is 1. The van der Waals surface area contributed by atoms with Crippen LogP contribution in [0.5, 0.6) is 0 Å². The predicted octanol–water partition coefficient (Wildman–Crippen LogP) is 5.78. The molecule has 0 bridgehead atoms. The zero-order chi connectivity index (χ0) is 20.2. The number of esters is 1. The standard InChI is InChI=1S/C26H29NO2/c1-27(2)18-19-7-9-21(10-8-19)22-13-15-25(16-14-22)29-26(28)24-12-11-20-5-3-4-6-23(20)17-24/h3-12,17,22,25H,13-16,18H2,1-2H3. The molecule has 0 atom stereocenters. The Labute approximate surface area is 173 Å². The highest BCUT2D eigenvalue weighted by molar-refractivity contribution is 5.95. The van der Waals surface area contributed by atoms with Gasteiger partial charge in [-0.2, -0.15) is 0 Å². The monoisotopic (exact) mass is 387 g/mol. The summed E-state index contributed by atoms with van der Waals surface area (Å²) in [6.45, 7) is 0.970. The van der Waals surface area contributed by atoms with Crippen molar-refractivity contribution in [2.75, 3.05) is 14.1 Å². The zero-order valence-corrected chi connectivity index (χ0v) is 17.3. The Bertz CT molecular complexity index is 969. The largest absolute Gasteiger partial charge is 0.459 e. The molecule has 0 spiro atoms. The van der Waals surface area contributed by atoms with Gasteiger partial charge in [0.2, 0.25) is 0 Å². The van der Waals surface area contributed by atoms with Crippen molar-refractivity contribution < 1.29 is 9.53 Å². The van der Waals surface area contributed by atoms with Crippen LogP contribution in [0.3, 0.4) is 0 Å². The first-order chi connectivity index (χ1) is 14.1. The molecule has 0 unspecified atom stereocenters. The van der Waals surface area contributed by atoms with Gasteiger partial charge in [-0.15, -0.1) is 0 Å². The van der Waals surface area contributed by atoms with Crippen molar-refractivity contribution in [3.8, 4) is 0 Å². The molecule has 1 aliphatic rings. The van der Waals surface area contributed by atoms with Gasteiger partial charge in [0.25, 0.3) is 0 Å². The molecule has 1 saturated carbocycles. The molecule has 0 N–H and O–H groups in total. The van der Waals surface area contributed by atoms with Gasteiger partial charge in [0.15, 0.2) is 0 Å². The number of benzene rings is 3. The number of hydrogen-bond donors (Lipinski definition) is 0. The van der Waals surface area contributed by atoms with E-state index >= 15 is 0 Å². The van der Waals surface area contributed by atoms with Gasteiger partial charge in [-0.1, -0.05) is 54.6 Å². The third-order valence-electron chi connectivity index (χ3n) is 5.88. The maximum atomic E-state index is 12.6. The maximum absolute atomic E-state index is 12.6. The van der Waals surface area contributed by atoms with Gasteiger partial charge in [0.05, 0.1) is 5.56 Å². The summed E-state index contributed by atoms with van der Waals surface area (Å²) in [5.41, 5.74) is 3.39. The molecule has 4 rings (SSSR count). The Balaban J connectivity index is 1.32. The summed E-state index contributed by atoms with van der Waals surface area (Å²) in [6.07, 6.45) is 4.04. The second-order valence-electron chi connectivity index (χ2n) is 8.42. The molecule has 3 heteroatoms. The highest BCUT2D eigenvalue weighted by Gasteiger charge is 2.25. The Kier molecular flexibility index (Phi) is 5.96. The van der Waals surface area contributed by atoms with Crippen LogP contribution >= 0.6 is 0 Å². The third-order valence-corrected chi connectivity index (χ3v) is 5.88. The highest BCUT2D eigenvalue weighted by atomic mass is 16.5. The number of rotatable bonds is 5. The molecule has 0 heterocycles. The van der Waals surface area contributed by atoms with E-state index in [4.69, 9.17) is 4.74 Å². The molecule has 0 saturated heterocycles. The van der Waals surface area contributed by atoms with Gasteiger partial charge in [-0.05, 0) is 79.7 Å². The van der Waals surface area contributed by atoms with E-state index < -0.39 is 0 Å². The first-order valence-corrected chi connectivity index (χ1v) is 10.5. The van der Waals surface area contributed by atoms with E-state index in [1.807, 2.05) is 36.4 Å². The normalized spacial score (nSPS) is 19.4. The minimum absolute atomic E-state index is 0.0261. The zero-order valence-electron chi connectivity index (χ0n) is 17.3. The molecular formula is C26H29NO2. The summed E-state index contributed by atoms with van der Waals surface area (Å²) in [7, 11) is 4.18. The van der Waals surface area contributed by atoms with Crippen LogP contribution in [0.15, 0.2) is 66.7 Å². The average Bonchev–Trinajstić information content (AvgIpc) is 2.74. The van der Waals surface area contributed by atoms with E-state index in [1.165, 1.54) is 11.1 Å². The van der Waals surface area contributed by atoms with Crippen LogP contribution in [0, 0.1) is 0 Å². The lowest BCUT2D eigenvalue weighted by molar-refractivity contribution is 0.0195. The van der Waals surface area contributed by atoms with Crippen molar-refractivity contribution in [2.45, 2.75) is 44.2 Å². The highest BCUT2D eigenvalue weighted by Crippen LogP contribution is 2.34. The van der Waals surface area contributed by atoms with Crippen LogP contribution in [0.4, 0.5) is 0 Å². The van der Waals surface area contributed by atoms with Crippen molar-refractivity contribution in [2.24, 2.45) is 0 Å². The van der Waals surface area contributed by atoms with Gasteiger partial charge in [0.1, 0.15) is 6.10 Å². The number of carbonyl (C=O) groups is 1. The van der Waals surface area contributed by atoms with Gasteiger partial charge in [0, 0.05) is 6.54 Å². The van der Waals surface area contributed by atoms with Crippen LogP contribution in [0.1, 0.15) is 53.1 Å². The van der Waals surface area contributed by atoms with Crippen LogP contribution in [-0.2, 0) is 11.3 Å². The fraction of sp³-hybridized carbons (Fsp3) is 0.346. The number of ether oxygens (including phenoxy) is 1. The molecule has 0 amide bonds. The van der Waals surface area contributed by atoms with Crippen molar-refractivity contribution in [3.63, 3.8) is 0 Å². The second-order valence-corrected chi connectivity index (χ2v) is 8.42. The predicted molar refractivity (Wildman–Crippen MR) is 118 cm³/mol. The topological polar surface area (TPSA) is 29.5 Å². The fourth-order valence-electron chi connectivity index (χ4n) is 4.31. The molecule has 150 valence electrons. The van der Waals surface area contributed by atoms with Crippen molar-refractivity contribution in [1.82, 2.24) is 4.90 Å². The fourth-order valence-corrected chi connectivity index (χ4v) is 4.31. The van der Waals surface area contributed by atoms with E-state index in [0.717, 1.165) is 43.0 Å². The number of carbonyl (C=O) groups excluding carboxylic acids is 1. The average molecular weight is 388 g/mol. The van der Waals surface area contributed by atoms with E-state index in [0.29, 0.717) is 11.5 Å². The molecule has 0 aliphatic heterocycles. The molecule has 3 nitrogen and oxygen atoms in total. The molecule has 1 aliphatic carbocycles. The van der Waals surface area contributed by atoms with E-state index in [-0.39, 0.29) is 12.1 Å². The summed E-state index contributed by atoms with van der Waals surface area (Å²) in [6, 6.07) is 22.9. The minimum Gasteiger partial charge on any atom is -0.459 e. The van der Waals surface area contributed by atoms with E-state index in [1.54, 1.807) is 0 Å².